The summed E-state index contributed by atoms with van der Waals surface area (Å²) in [4.78, 5) is 18.6. The summed E-state index contributed by atoms with van der Waals surface area (Å²) in [6.45, 7) is -1.29. The molecule has 0 aliphatic carbocycles. The van der Waals surface area contributed by atoms with E-state index in [-0.39, 0.29) is 36.2 Å². The molecule has 4 atom stereocenters. The maximum atomic E-state index is 12.1. The quantitative estimate of drug-likeness (QED) is 0.628. The highest BCUT2D eigenvalue weighted by atomic mass is 19.3. The Morgan fingerprint density at radius 2 is 2.32 bits per heavy atom. The molecule has 0 amide bonds. The van der Waals surface area contributed by atoms with Crippen LogP contribution in [0.15, 0.2) is 11.1 Å². The monoisotopic (exact) mass is 360 g/mol. The summed E-state index contributed by atoms with van der Waals surface area (Å²) in [6.07, 6.45) is -0.392. The van der Waals surface area contributed by atoms with Crippen molar-refractivity contribution in [1.29, 1.82) is 0 Å². The van der Waals surface area contributed by atoms with Gasteiger partial charge in [-0.15, -0.1) is 0 Å². The number of aromatic nitrogens is 4. The van der Waals surface area contributed by atoms with E-state index >= 15 is 0 Å². The molecule has 2 aromatic rings. The number of aliphatic hydroxyl groups excluding tert-OH is 1. The molecule has 138 valence electrons. The minimum Gasteiger partial charge on any atom is -0.386 e. The Kier molecular flexibility index (Phi) is 4.71. The van der Waals surface area contributed by atoms with Crippen LogP contribution in [0, 0.1) is 5.92 Å². The van der Waals surface area contributed by atoms with Gasteiger partial charge in [-0.05, 0) is 13.3 Å². The fraction of sp³-hybridized carbons (Fsp3) is 0.643. The lowest BCUT2D eigenvalue weighted by molar-refractivity contribution is -0.646. The van der Waals surface area contributed by atoms with E-state index in [4.69, 9.17) is 10.5 Å². The zero-order chi connectivity index (χ0) is 18.3. The molecule has 1 aliphatic heterocycles. The first-order chi connectivity index (χ1) is 11.8. The molecule has 0 unspecified atom stereocenters. The molecule has 1 saturated heterocycles. The largest absolute Gasteiger partial charge is 0.386 e. The van der Waals surface area contributed by atoms with Crippen molar-refractivity contribution in [3.8, 4) is 0 Å². The molecule has 0 saturated carbocycles. The first kappa shape index (κ1) is 17.7. The van der Waals surface area contributed by atoms with Crippen LogP contribution in [0.3, 0.4) is 0 Å². The van der Waals surface area contributed by atoms with Crippen LogP contribution >= 0.6 is 0 Å². The lowest BCUT2D eigenvalue weighted by Gasteiger charge is -2.16. The first-order valence-electron chi connectivity index (χ1n) is 7.79. The third kappa shape index (κ3) is 3.22. The van der Waals surface area contributed by atoms with Gasteiger partial charge in [0.2, 0.25) is 18.5 Å². The van der Waals surface area contributed by atoms with Gasteiger partial charge in [0, 0.05) is 5.92 Å². The number of anilines is 1. The molecule has 0 radical (unpaired) electrons. The number of aromatic amines is 1. The second-order valence-corrected chi connectivity index (χ2v) is 6.06. The molecule has 1 fully saturated rings. The molecule has 3 heterocycles. The zero-order valence-electron chi connectivity index (χ0n) is 13.7. The third-order valence-corrected chi connectivity index (χ3v) is 4.45. The molecular weight excluding hydrogens is 340 g/mol. The Morgan fingerprint density at radius 1 is 1.60 bits per heavy atom. The van der Waals surface area contributed by atoms with E-state index in [0.717, 1.165) is 0 Å². The number of alkyl halides is 2. The van der Waals surface area contributed by atoms with Crippen molar-refractivity contribution < 1.29 is 27.9 Å². The van der Waals surface area contributed by atoms with E-state index in [1.54, 1.807) is 24.9 Å². The van der Waals surface area contributed by atoms with Gasteiger partial charge in [0.05, 0.1) is 19.8 Å². The number of nitrogens with zero attached hydrogens (tertiary/aromatic N) is 3. The van der Waals surface area contributed by atoms with Gasteiger partial charge in [-0.2, -0.15) is 18.3 Å². The number of aryl methyl sites for hydroxylation is 1. The first-order valence-corrected chi connectivity index (χ1v) is 7.79. The molecule has 11 heteroatoms. The number of nitrogen functional groups attached to an aromatic ring is 1. The smallest absolute Gasteiger partial charge is 0.345 e. The number of ether oxygens (including phenoxy) is 2. The van der Waals surface area contributed by atoms with Crippen LogP contribution in [0.2, 0.25) is 0 Å². The van der Waals surface area contributed by atoms with Crippen molar-refractivity contribution in [2.75, 3.05) is 12.3 Å². The number of hydrogen-bond acceptors (Lipinski definition) is 6. The second-order valence-electron chi connectivity index (χ2n) is 6.06. The summed E-state index contributed by atoms with van der Waals surface area (Å²) >= 11 is 0. The summed E-state index contributed by atoms with van der Waals surface area (Å²) in [6, 6.07) is 0. The van der Waals surface area contributed by atoms with Crippen LogP contribution in [-0.4, -0.2) is 45.1 Å². The molecule has 1 aliphatic rings. The summed E-state index contributed by atoms with van der Waals surface area (Å²) in [5.41, 5.74) is 5.74. The Labute approximate surface area is 141 Å². The number of aliphatic hydroxyl groups is 1. The predicted molar refractivity (Wildman–Crippen MR) is 81.6 cm³/mol. The topological polar surface area (TPSA) is 119 Å². The maximum absolute atomic E-state index is 12.1. The van der Waals surface area contributed by atoms with E-state index < -0.39 is 30.4 Å². The Balaban J connectivity index is 1.90. The van der Waals surface area contributed by atoms with E-state index in [2.05, 4.69) is 14.7 Å². The number of nitrogens with two attached hydrogens (primary N) is 1. The van der Waals surface area contributed by atoms with E-state index in [1.165, 1.54) is 4.57 Å². The normalized spacial score (nSPS) is 26.8. The number of fused-ring (bicyclic) bond motifs is 1. The molecule has 25 heavy (non-hydrogen) atoms. The van der Waals surface area contributed by atoms with E-state index in [9.17, 15) is 18.7 Å². The summed E-state index contributed by atoms with van der Waals surface area (Å²) in [5, 5.41) is 10.6. The van der Waals surface area contributed by atoms with Gasteiger partial charge >= 0.3 is 12.2 Å². The van der Waals surface area contributed by atoms with Gasteiger partial charge in [0.1, 0.15) is 6.10 Å². The Hall–Kier alpha value is -2.11. The van der Waals surface area contributed by atoms with Crippen molar-refractivity contribution in [3.05, 3.63) is 16.7 Å². The molecule has 0 aromatic carbocycles. The van der Waals surface area contributed by atoms with Crippen molar-refractivity contribution in [3.63, 3.8) is 0 Å². The van der Waals surface area contributed by atoms with Crippen LogP contribution in [0.4, 0.5) is 14.7 Å². The fourth-order valence-electron chi connectivity index (χ4n) is 3.27. The number of halogens is 2. The van der Waals surface area contributed by atoms with Crippen molar-refractivity contribution in [2.24, 2.45) is 13.0 Å². The number of H-pyrrole nitrogens is 1. The Bertz CT molecular complexity index is 823. The maximum Gasteiger partial charge on any atom is 0.345 e. The molecule has 3 rings (SSSR count). The van der Waals surface area contributed by atoms with Gasteiger partial charge in [0.25, 0.3) is 11.2 Å². The summed E-state index contributed by atoms with van der Waals surface area (Å²) in [7, 11) is 1.66. The second kappa shape index (κ2) is 6.65. The zero-order valence-corrected chi connectivity index (χ0v) is 13.7. The number of imidazole rings is 1. The van der Waals surface area contributed by atoms with Crippen LogP contribution in [0.1, 0.15) is 19.6 Å². The molecule has 2 aromatic heterocycles. The lowest BCUT2D eigenvalue weighted by Crippen LogP contribution is -2.32. The van der Waals surface area contributed by atoms with Crippen molar-refractivity contribution in [2.45, 2.75) is 38.4 Å². The number of nitrogens with one attached hydrogen (secondary N) is 1. The molecule has 9 nitrogen and oxygen atoms in total. The highest BCUT2D eigenvalue weighted by molar-refractivity contribution is 5.66. The highest BCUT2D eigenvalue weighted by Gasteiger charge is 2.46. The van der Waals surface area contributed by atoms with Crippen LogP contribution in [-0.2, 0) is 16.5 Å². The molecular formula is C14H20F2N5O4+. The number of hydrogen-bond donors (Lipinski definition) is 3. The third-order valence-electron chi connectivity index (χ3n) is 4.45. The summed E-state index contributed by atoms with van der Waals surface area (Å²) in [5.74, 6) is -0.453. The van der Waals surface area contributed by atoms with Gasteiger partial charge in [-0.25, -0.2) is 4.57 Å². The van der Waals surface area contributed by atoms with Gasteiger partial charge in [0.15, 0.2) is 0 Å². The van der Waals surface area contributed by atoms with Gasteiger partial charge < -0.3 is 20.3 Å². The average Bonchev–Trinajstić information content (AvgIpc) is 2.98. The Morgan fingerprint density at radius 3 is 3.00 bits per heavy atom. The summed E-state index contributed by atoms with van der Waals surface area (Å²) < 4.78 is 37.4. The SMILES string of the molecule is C[C@H]1O[C@@H](n2c[n+](C)c3c(=O)[nH]c(N)nc32)[C@H](O)[C@@H]1CCOC(F)F. The molecule has 0 spiro atoms. The van der Waals surface area contributed by atoms with E-state index in [1.807, 2.05) is 0 Å². The van der Waals surface area contributed by atoms with Crippen LogP contribution in [0.25, 0.3) is 11.2 Å². The molecule has 0 bridgehead atoms. The van der Waals surface area contributed by atoms with Crippen LogP contribution < -0.4 is 15.9 Å². The fourth-order valence-corrected chi connectivity index (χ4v) is 3.27. The standard InChI is InChI=1S/C14H19F2N5O4/c1-6-7(3-4-24-13(15)16)9(22)12(25-6)21-5-20(2)8-10(21)18-14(17)19-11(8)23/h5-7,9,12-13,22H,3-4H2,1-2H3,(H2-,17,18,19,23)/p+1/t6-,7-,9-,12-/m1/s1. The minimum atomic E-state index is -2.85. The highest BCUT2D eigenvalue weighted by Crippen LogP contribution is 2.36. The van der Waals surface area contributed by atoms with Gasteiger partial charge in [-0.1, -0.05) is 0 Å². The van der Waals surface area contributed by atoms with Crippen LogP contribution in [0.5, 0.6) is 0 Å². The lowest BCUT2D eigenvalue weighted by atomic mass is 9.95. The van der Waals surface area contributed by atoms with Crippen molar-refractivity contribution >= 4 is 17.1 Å². The minimum absolute atomic E-state index is 0.0557. The van der Waals surface area contributed by atoms with Crippen molar-refractivity contribution in [1.82, 2.24) is 14.5 Å². The predicted octanol–water partition coefficient (Wildman–Crippen LogP) is -0.345. The van der Waals surface area contributed by atoms with E-state index in [0.29, 0.717) is 0 Å². The van der Waals surface area contributed by atoms with Gasteiger partial charge in [-0.3, -0.25) is 9.78 Å². The average molecular weight is 360 g/mol. The molecule has 4 N–H and O–H groups in total. The number of rotatable bonds is 5.